The summed E-state index contributed by atoms with van der Waals surface area (Å²) in [5, 5.41) is 0. The van der Waals surface area contributed by atoms with E-state index in [2.05, 4.69) is 4.90 Å². The highest BCUT2D eigenvalue weighted by Crippen LogP contribution is 2.23. The van der Waals surface area contributed by atoms with Gasteiger partial charge in [0.2, 0.25) is 5.91 Å². The van der Waals surface area contributed by atoms with Crippen LogP contribution in [0.25, 0.3) is 0 Å². The molecule has 1 heterocycles. The van der Waals surface area contributed by atoms with E-state index in [0.717, 1.165) is 49.7 Å². The van der Waals surface area contributed by atoms with Gasteiger partial charge in [0, 0.05) is 12.5 Å². The maximum absolute atomic E-state index is 11.2. The molecule has 0 spiro atoms. The van der Waals surface area contributed by atoms with Crippen LogP contribution in [0.3, 0.4) is 0 Å². The molecule has 2 aromatic carbocycles. The number of amides is 1. The Labute approximate surface area is 148 Å². The Hall–Kier alpha value is -2.53. The SMILES string of the molecule is NC(=O)C1CCN(CCOc2ccc(Oc3ccccc3)cc2)CC1. The highest BCUT2D eigenvalue weighted by atomic mass is 16.5. The van der Waals surface area contributed by atoms with Crippen LogP contribution in [0.1, 0.15) is 12.8 Å². The van der Waals surface area contributed by atoms with Gasteiger partial charge in [-0.15, -0.1) is 0 Å². The molecular formula is C20H24N2O3. The number of primary amides is 1. The first-order valence-corrected chi connectivity index (χ1v) is 8.68. The predicted octanol–water partition coefficient (Wildman–Crippen LogP) is 3.06. The lowest BCUT2D eigenvalue weighted by molar-refractivity contribution is -0.123. The number of piperidine rings is 1. The van der Waals surface area contributed by atoms with Crippen LogP contribution in [0.5, 0.6) is 17.2 Å². The molecular weight excluding hydrogens is 316 g/mol. The minimum Gasteiger partial charge on any atom is -0.492 e. The van der Waals surface area contributed by atoms with Gasteiger partial charge in [0.05, 0.1) is 0 Å². The van der Waals surface area contributed by atoms with Crippen molar-refractivity contribution in [2.45, 2.75) is 12.8 Å². The number of carbonyl (C=O) groups excluding carboxylic acids is 1. The van der Waals surface area contributed by atoms with Gasteiger partial charge in [0.15, 0.2) is 0 Å². The van der Waals surface area contributed by atoms with Gasteiger partial charge in [-0.05, 0) is 62.3 Å². The molecule has 2 N–H and O–H groups in total. The van der Waals surface area contributed by atoms with Crippen molar-refractivity contribution in [3.05, 3.63) is 54.6 Å². The van der Waals surface area contributed by atoms with Crippen LogP contribution in [-0.2, 0) is 4.79 Å². The first kappa shape index (κ1) is 17.3. The van der Waals surface area contributed by atoms with Crippen LogP contribution in [0, 0.1) is 5.92 Å². The third-order valence-corrected chi connectivity index (χ3v) is 4.47. The van der Waals surface area contributed by atoms with Gasteiger partial charge in [-0.3, -0.25) is 9.69 Å². The lowest BCUT2D eigenvalue weighted by Gasteiger charge is -2.30. The smallest absolute Gasteiger partial charge is 0.220 e. The maximum atomic E-state index is 11.2. The monoisotopic (exact) mass is 340 g/mol. The predicted molar refractivity (Wildman–Crippen MR) is 96.8 cm³/mol. The lowest BCUT2D eigenvalue weighted by Crippen LogP contribution is -2.40. The molecule has 0 atom stereocenters. The first-order chi connectivity index (χ1) is 12.2. The van der Waals surface area contributed by atoms with Crippen LogP contribution in [0.4, 0.5) is 0 Å². The molecule has 0 radical (unpaired) electrons. The van der Waals surface area contributed by atoms with Crippen molar-refractivity contribution in [2.24, 2.45) is 11.7 Å². The van der Waals surface area contributed by atoms with Crippen LogP contribution in [0.15, 0.2) is 54.6 Å². The van der Waals surface area contributed by atoms with Gasteiger partial charge in [-0.1, -0.05) is 18.2 Å². The first-order valence-electron chi connectivity index (χ1n) is 8.68. The summed E-state index contributed by atoms with van der Waals surface area (Å²) in [7, 11) is 0. The zero-order valence-corrected chi connectivity index (χ0v) is 14.3. The van der Waals surface area contributed by atoms with E-state index < -0.39 is 0 Å². The summed E-state index contributed by atoms with van der Waals surface area (Å²) < 4.78 is 11.6. The maximum Gasteiger partial charge on any atom is 0.220 e. The normalized spacial score (nSPS) is 15.7. The third kappa shape index (κ3) is 5.22. The van der Waals surface area contributed by atoms with Gasteiger partial charge < -0.3 is 15.2 Å². The molecule has 5 nitrogen and oxygen atoms in total. The summed E-state index contributed by atoms with van der Waals surface area (Å²) in [5.74, 6) is 2.29. The van der Waals surface area contributed by atoms with Crippen molar-refractivity contribution in [2.75, 3.05) is 26.2 Å². The summed E-state index contributed by atoms with van der Waals surface area (Å²) in [4.78, 5) is 13.5. The minimum absolute atomic E-state index is 0.0364. The quantitative estimate of drug-likeness (QED) is 0.841. The van der Waals surface area contributed by atoms with Gasteiger partial charge in [-0.25, -0.2) is 0 Å². The molecule has 1 saturated heterocycles. The zero-order chi connectivity index (χ0) is 17.5. The Morgan fingerprint density at radius 1 is 0.960 bits per heavy atom. The Morgan fingerprint density at radius 2 is 1.56 bits per heavy atom. The minimum atomic E-state index is -0.172. The molecule has 1 amide bonds. The van der Waals surface area contributed by atoms with E-state index in [9.17, 15) is 4.79 Å². The molecule has 5 heteroatoms. The molecule has 2 aromatic rings. The second kappa shape index (κ2) is 8.53. The zero-order valence-electron chi connectivity index (χ0n) is 14.3. The van der Waals surface area contributed by atoms with E-state index in [1.165, 1.54) is 0 Å². The van der Waals surface area contributed by atoms with Crippen molar-refractivity contribution >= 4 is 5.91 Å². The molecule has 0 unspecified atom stereocenters. The molecule has 0 aromatic heterocycles. The number of carbonyl (C=O) groups is 1. The van der Waals surface area contributed by atoms with Gasteiger partial charge in [0.1, 0.15) is 23.9 Å². The van der Waals surface area contributed by atoms with Crippen molar-refractivity contribution in [1.82, 2.24) is 4.90 Å². The number of para-hydroxylation sites is 1. The van der Waals surface area contributed by atoms with Gasteiger partial charge in [0.25, 0.3) is 0 Å². The number of hydrogen-bond donors (Lipinski definition) is 1. The van der Waals surface area contributed by atoms with Crippen LogP contribution in [0.2, 0.25) is 0 Å². The number of ether oxygens (including phenoxy) is 2. The fourth-order valence-corrected chi connectivity index (χ4v) is 2.96. The molecule has 3 rings (SSSR count). The summed E-state index contributed by atoms with van der Waals surface area (Å²) in [5.41, 5.74) is 5.36. The van der Waals surface area contributed by atoms with E-state index in [-0.39, 0.29) is 11.8 Å². The van der Waals surface area contributed by atoms with Crippen LogP contribution < -0.4 is 15.2 Å². The highest BCUT2D eigenvalue weighted by molar-refractivity contribution is 5.76. The van der Waals surface area contributed by atoms with Crippen LogP contribution >= 0.6 is 0 Å². The molecule has 0 aliphatic carbocycles. The lowest BCUT2D eigenvalue weighted by atomic mass is 9.96. The molecule has 0 bridgehead atoms. The third-order valence-electron chi connectivity index (χ3n) is 4.47. The van der Waals surface area contributed by atoms with E-state index in [1.807, 2.05) is 54.6 Å². The molecule has 1 aliphatic rings. The number of nitrogens with zero attached hydrogens (tertiary/aromatic N) is 1. The van der Waals surface area contributed by atoms with Gasteiger partial charge in [-0.2, -0.15) is 0 Å². The average Bonchev–Trinajstić information content (AvgIpc) is 2.64. The highest BCUT2D eigenvalue weighted by Gasteiger charge is 2.22. The molecule has 0 saturated carbocycles. The molecule has 25 heavy (non-hydrogen) atoms. The van der Waals surface area contributed by atoms with Crippen LogP contribution in [-0.4, -0.2) is 37.0 Å². The number of benzene rings is 2. The van der Waals surface area contributed by atoms with Gasteiger partial charge >= 0.3 is 0 Å². The van der Waals surface area contributed by atoms with E-state index in [0.29, 0.717) is 6.61 Å². The molecule has 132 valence electrons. The summed E-state index contributed by atoms with van der Waals surface area (Å²) >= 11 is 0. The fraction of sp³-hybridized carbons (Fsp3) is 0.350. The van der Waals surface area contributed by atoms with Crippen molar-refractivity contribution in [3.63, 3.8) is 0 Å². The number of hydrogen-bond acceptors (Lipinski definition) is 4. The van der Waals surface area contributed by atoms with Crippen molar-refractivity contribution in [1.29, 1.82) is 0 Å². The summed E-state index contributed by atoms with van der Waals surface area (Å²) in [6.07, 6.45) is 1.70. The summed E-state index contributed by atoms with van der Waals surface area (Å²) in [6, 6.07) is 17.3. The fourth-order valence-electron chi connectivity index (χ4n) is 2.96. The Kier molecular flexibility index (Phi) is 5.90. The number of likely N-dealkylation sites (tertiary alicyclic amines) is 1. The number of nitrogens with two attached hydrogens (primary N) is 1. The second-order valence-electron chi connectivity index (χ2n) is 6.25. The van der Waals surface area contributed by atoms with E-state index in [1.54, 1.807) is 0 Å². The Morgan fingerprint density at radius 3 is 2.20 bits per heavy atom. The number of rotatable bonds is 7. The second-order valence-corrected chi connectivity index (χ2v) is 6.25. The summed E-state index contributed by atoms with van der Waals surface area (Å²) in [6.45, 7) is 3.29. The Balaban J connectivity index is 1.40. The Bertz CT molecular complexity index is 665. The van der Waals surface area contributed by atoms with Crippen molar-refractivity contribution < 1.29 is 14.3 Å². The molecule has 1 fully saturated rings. The van der Waals surface area contributed by atoms with Crippen molar-refractivity contribution in [3.8, 4) is 17.2 Å². The van der Waals surface area contributed by atoms with E-state index in [4.69, 9.17) is 15.2 Å². The topological polar surface area (TPSA) is 64.8 Å². The average molecular weight is 340 g/mol. The standard InChI is InChI=1S/C20H24N2O3/c21-20(23)16-10-12-22(13-11-16)14-15-24-17-6-8-19(9-7-17)25-18-4-2-1-3-5-18/h1-9,16H,10-15H2,(H2,21,23). The largest absolute Gasteiger partial charge is 0.492 e. The molecule has 1 aliphatic heterocycles. The van der Waals surface area contributed by atoms with E-state index >= 15 is 0 Å².